The van der Waals surface area contributed by atoms with E-state index >= 15 is 0 Å². The second-order valence-corrected chi connectivity index (χ2v) is 10.8. The van der Waals surface area contributed by atoms with Crippen LogP contribution in [0.1, 0.15) is 21.5 Å². The van der Waals surface area contributed by atoms with Crippen LogP contribution in [0.2, 0.25) is 0 Å². The van der Waals surface area contributed by atoms with Crippen molar-refractivity contribution in [3.05, 3.63) is 142 Å². The Morgan fingerprint density at radius 2 is 1.48 bits per heavy atom. The molecule has 0 aliphatic rings. The van der Waals surface area contributed by atoms with Crippen molar-refractivity contribution in [3.8, 4) is 39.8 Å². The molecule has 238 valence electrons. The van der Waals surface area contributed by atoms with E-state index in [1.54, 1.807) is 24.3 Å². The van der Waals surface area contributed by atoms with E-state index in [9.17, 15) is 30.2 Å². The second-order valence-electron chi connectivity index (χ2n) is 10.8. The molecule has 12 nitrogen and oxygen atoms in total. The number of hydrogen-bond donors (Lipinski definition) is 5. The van der Waals surface area contributed by atoms with Gasteiger partial charge in [0.1, 0.15) is 28.5 Å². The van der Waals surface area contributed by atoms with E-state index in [0.29, 0.717) is 35.5 Å². The molecule has 0 saturated heterocycles. The number of nitro benzene ring substituents is 1. The van der Waals surface area contributed by atoms with Crippen molar-refractivity contribution in [2.45, 2.75) is 12.8 Å². The minimum atomic E-state index is -0.786. The number of azo groups is 1. The van der Waals surface area contributed by atoms with Crippen molar-refractivity contribution in [3.63, 3.8) is 0 Å². The number of carbonyl (C=O) groups excluding carboxylic acids is 1. The van der Waals surface area contributed by atoms with Gasteiger partial charge in [-0.05, 0) is 60.4 Å². The third-order valence-corrected chi connectivity index (χ3v) is 7.55. The van der Waals surface area contributed by atoms with Crippen LogP contribution in [-0.2, 0) is 12.8 Å². The van der Waals surface area contributed by atoms with Crippen LogP contribution in [0.25, 0.3) is 22.5 Å². The molecule has 6 rings (SSSR count). The first kappa shape index (κ1) is 31.2. The number of aryl methyl sites for hydroxylation is 2. The zero-order chi connectivity index (χ0) is 33.6. The summed E-state index contributed by atoms with van der Waals surface area (Å²) in [5.41, 5.74) is 3.81. The molecule has 0 bridgehead atoms. The first-order valence-electron chi connectivity index (χ1n) is 14.8. The highest BCUT2D eigenvalue weighted by atomic mass is 16.6. The van der Waals surface area contributed by atoms with Crippen molar-refractivity contribution in [2.75, 3.05) is 5.32 Å². The van der Waals surface area contributed by atoms with Gasteiger partial charge in [-0.1, -0.05) is 72.8 Å². The summed E-state index contributed by atoms with van der Waals surface area (Å²) in [5, 5.41) is 53.0. The van der Waals surface area contributed by atoms with Gasteiger partial charge >= 0.3 is 0 Å². The van der Waals surface area contributed by atoms with Crippen LogP contribution < -0.4 is 5.32 Å². The van der Waals surface area contributed by atoms with Gasteiger partial charge in [0, 0.05) is 16.8 Å². The number of phenolic OH excluding ortho intramolecular Hbond substituents is 3. The largest absolute Gasteiger partial charge is 0.508 e. The Balaban J connectivity index is 1.23. The molecule has 1 heterocycles. The summed E-state index contributed by atoms with van der Waals surface area (Å²) < 4.78 is 0. The van der Waals surface area contributed by atoms with Crippen LogP contribution in [0.4, 0.5) is 23.0 Å². The normalized spacial score (nSPS) is 11.1. The minimum Gasteiger partial charge on any atom is -0.508 e. The molecule has 6 aromatic rings. The summed E-state index contributed by atoms with van der Waals surface area (Å²) in [6.45, 7) is 0. The van der Waals surface area contributed by atoms with Gasteiger partial charge in [0.2, 0.25) is 5.95 Å². The molecule has 1 amide bonds. The summed E-state index contributed by atoms with van der Waals surface area (Å²) in [4.78, 5) is 32.1. The molecular formula is C36H28N6O6. The van der Waals surface area contributed by atoms with E-state index < -0.39 is 22.3 Å². The predicted molar refractivity (Wildman–Crippen MR) is 180 cm³/mol. The van der Waals surface area contributed by atoms with Gasteiger partial charge in [0.25, 0.3) is 11.6 Å². The molecule has 0 saturated carbocycles. The van der Waals surface area contributed by atoms with Crippen LogP contribution in [0.15, 0.2) is 125 Å². The first-order valence-corrected chi connectivity index (χ1v) is 14.8. The van der Waals surface area contributed by atoms with Crippen molar-refractivity contribution < 1.29 is 25.0 Å². The highest BCUT2D eigenvalue weighted by molar-refractivity contribution is 6.08. The van der Waals surface area contributed by atoms with Crippen LogP contribution in [0.3, 0.4) is 0 Å². The Bertz CT molecular complexity index is 2070. The molecule has 1 aromatic heterocycles. The number of imidazole rings is 1. The number of rotatable bonds is 10. The second kappa shape index (κ2) is 13.7. The molecule has 0 radical (unpaired) electrons. The lowest BCUT2D eigenvalue weighted by Gasteiger charge is -2.09. The quantitative estimate of drug-likeness (QED) is 0.0432. The number of nitro groups is 1. The van der Waals surface area contributed by atoms with E-state index in [-0.39, 0.29) is 28.7 Å². The third kappa shape index (κ3) is 7.02. The van der Waals surface area contributed by atoms with E-state index in [1.807, 2.05) is 60.7 Å². The van der Waals surface area contributed by atoms with Gasteiger partial charge in [-0.3, -0.25) is 14.9 Å². The Morgan fingerprint density at radius 3 is 2.17 bits per heavy atom. The highest BCUT2D eigenvalue weighted by Gasteiger charge is 2.24. The summed E-state index contributed by atoms with van der Waals surface area (Å²) in [6.07, 6.45) is 1.03. The number of amides is 1. The smallest absolute Gasteiger partial charge is 0.286 e. The monoisotopic (exact) mass is 640 g/mol. The number of aromatic hydroxyl groups is 3. The highest BCUT2D eigenvalue weighted by Crippen LogP contribution is 2.37. The Morgan fingerprint density at radius 1 is 0.792 bits per heavy atom. The lowest BCUT2D eigenvalue weighted by Crippen LogP contribution is -2.14. The van der Waals surface area contributed by atoms with Gasteiger partial charge in [-0.25, -0.2) is 4.98 Å². The van der Waals surface area contributed by atoms with Crippen molar-refractivity contribution >= 4 is 28.9 Å². The number of aromatic amines is 1. The van der Waals surface area contributed by atoms with Crippen molar-refractivity contribution in [2.24, 2.45) is 10.2 Å². The molecule has 0 aliphatic heterocycles. The van der Waals surface area contributed by atoms with E-state index in [1.165, 1.54) is 18.2 Å². The Kier molecular flexibility index (Phi) is 8.88. The molecule has 5 aromatic carbocycles. The maximum atomic E-state index is 13.3. The molecular weight excluding hydrogens is 612 g/mol. The lowest BCUT2D eigenvalue weighted by atomic mass is 10.0. The van der Waals surface area contributed by atoms with E-state index in [2.05, 4.69) is 25.5 Å². The third-order valence-electron chi connectivity index (χ3n) is 7.55. The fraction of sp³-hybridized carbons (Fsp3) is 0.0556. The van der Waals surface area contributed by atoms with Crippen LogP contribution in [0.5, 0.6) is 17.2 Å². The van der Waals surface area contributed by atoms with Gasteiger partial charge in [-0.15, -0.1) is 10.2 Å². The molecule has 0 spiro atoms. The van der Waals surface area contributed by atoms with Gasteiger partial charge in [-0.2, -0.15) is 0 Å². The minimum absolute atomic E-state index is 0.0594. The molecule has 0 unspecified atom stereocenters. The predicted octanol–water partition coefficient (Wildman–Crippen LogP) is 8.22. The molecule has 12 heteroatoms. The topological polar surface area (TPSA) is 186 Å². The van der Waals surface area contributed by atoms with Crippen LogP contribution >= 0.6 is 0 Å². The maximum absolute atomic E-state index is 13.3. The zero-order valence-electron chi connectivity index (χ0n) is 25.2. The average molecular weight is 641 g/mol. The maximum Gasteiger partial charge on any atom is 0.286 e. The van der Waals surface area contributed by atoms with Crippen LogP contribution in [-0.4, -0.2) is 36.1 Å². The fourth-order valence-corrected chi connectivity index (χ4v) is 5.11. The number of anilines is 1. The summed E-state index contributed by atoms with van der Waals surface area (Å²) in [6, 6.07) is 32.2. The SMILES string of the molecule is O=C(Nc1ccc(CCc2cc(O)ccc2O)cc1)c1cc(N=Nc2nc(-c3ccccc3)c(-c3ccccc3)[nH]2)c(O)cc1[N+](=O)[O-]. The molecule has 0 aliphatic carbocycles. The van der Waals surface area contributed by atoms with Crippen LogP contribution in [0, 0.1) is 10.1 Å². The number of benzene rings is 5. The van der Waals surface area contributed by atoms with E-state index in [0.717, 1.165) is 28.8 Å². The Labute approximate surface area is 273 Å². The van der Waals surface area contributed by atoms with Crippen molar-refractivity contribution in [1.29, 1.82) is 0 Å². The number of phenols is 3. The van der Waals surface area contributed by atoms with Crippen molar-refractivity contribution in [1.82, 2.24) is 9.97 Å². The number of carbonyl (C=O) groups is 1. The fourth-order valence-electron chi connectivity index (χ4n) is 5.11. The van der Waals surface area contributed by atoms with Gasteiger partial charge < -0.3 is 25.6 Å². The molecule has 5 N–H and O–H groups in total. The number of aromatic nitrogens is 2. The molecule has 0 atom stereocenters. The standard InChI is InChI=1S/C36H28N6O6/c43-27-17-18-31(44)25(19-27)14-11-22-12-15-26(16-13-22)37-35(46)28-20-29(32(45)21-30(28)42(47)48)40-41-36-38-33(23-7-3-1-4-8-23)34(39-36)24-9-5-2-6-10-24/h1-10,12-13,15-21,43-45H,11,14H2,(H,37,46)(H,38,39). The molecule has 48 heavy (non-hydrogen) atoms. The number of nitrogens with one attached hydrogen (secondary N) is 2. The Hall–Kier alpha value is -6.82. The lowest BCUT2D eigenvalue weighted by molar-refractivity contribution is -0.385. The summed E-state index contributed by atoms with van der Waals surface area (Å²) in [7, 11) is 0. The summed E-state index contributed by atoms with van der Waals surface area (Å²) in [5.74, 6) is -1.06. The first-order chi connectivity index (χ1) is 23.2. The van der Waals surface area contributed by atoms with Gasteiger partial charge in [0.15, 0.2) is 0 Å². The molecule has 0 fully saturated rings. The van der Waals surface area contributed by atoms with E-state index in [4.69, 9.17) is 0 Å². The zero-order valence-corrected chi connectivity index (χ0v) is 25.2. The summed E-state index contributed by atoms with van der Waals surface area (Å²) >= 11 is 0. The number of hydrogen-bond acceptors (Lipinski definition) is 9. The number of nitrogens with zero attached hydrogens (tertiary/aromatic N) is 4. The van der Waals surface area contributed by atoms with Gasteiger partial charge in [0.05, 0.1) is 22.4 Å². The number of H-pyrrole nitrogens is 1. The average Bonchev–Trinajstić information content (AvgIpc) is 3.53.